The van der Waals surface area contributed by atoms with E-state index in [1.807, 2.05) is 5.32 Å². The van der Waals surface area contributed by atoms with Gasteiger partial charge in [0, 0.05) is 36.0 Å². The first-order valence-corrected chi connectivity index (χ1v) is 23.2. The quantitative estimate of drug-likeness (QED) is 0.0121. The Morgan fingerprint density at radius 2 is 0.824 bits per heavy atom. The van der Waals surface area contributed by atoms with Gasteiger partial charge >= 0.3 is 11.9 Å². The average molecular weight is 1050 g/mol. The second-order valence-corrected chi connectivity index (χ2v) is 16.1. The number of aliphatic hydroxyl groups excluding tert-OH is 1. The molecule has 0 heterocycles. The molecule has 0 spiro atoms. The summed E-state index contributed by atoms with van der Waals surface area (Å²) in [6, 6.07) is -13.4. The Morgan fingerprint density at radius 1 is 0.485 bits per heavy atom. The zero-order valence-electron chi connectivity index (χ0n) is 36.8. The molecule has 0 rings (SSSR count). The smallest absolute Gasteiger partial charge is 0.328 e. The Labute approximate surface area is 412 Å². The molecule has 0 unspecified atom stereocenters. The first-order chi connectivity index (χ1) is 32.0. The first kappa shape index (κ1) is 62.7. The molecule has 68 heavy (non-hydrogen) atoms. The van der Waals surface area contributed by atoms with Gasteiger partial charge in [-0.05, 0) is 45.1 Å². The van der Waals surface area contributed by atoms with Crippen LogP contribution in [0.3, 0.4) is 0 Å². The second kappa shape index (κ2) is 34.1. The first-order valence-electron chi connectivity index (χ1n) is 20.7. The van der Waals surface area contributed by atoms with Gasteiger partial charge in [-0.25, -0.2) is 4.79 Å². The number of carbonyl (C=O) groups excluding carboxylic acids is 9. The van der Waals surface area contributed by atoms with Crippen LogP contribution in [0.4, 0.5) is 0 Å². The molecular formula is C36H64N14O14S4. The second-order valence-electron chi connectivity index (χ2n) is 14.7. The van der Waals surface area contributed by atoms with Crippen LogP contribution in [-0.2, 0) is 52.7 Å². The van der Waals surface area contributed by atoms with E-state index in [-0.39, 0.29) is 67.7 Å². The normalized spacial score (nSPS) is 14.8. The number of unbranched alkanes of at least 4 members (excludes halogenated alkanes) is 1. The van der Waals surface area contributed by atoms with Crippen LogP contribution in [0.25, 0.3) is 0 Å². The van der Waals surface area contributed by atoms with Crippen molar-refractivity contribution in [2.24, 2.45) is 33.7 Å². The molecule has 0 aliphatic carbocycles. The van der Waals surface area contributed by atoms with Crippen molar-refractivity contribution in [3.8, 4) is 0 Å². The van der Waals surface area contributed by atoms with Crippen LogP contribution in [-0.4, -0.2) is 183 Å². The number of hydrogen-bond acceptors (Lipinski definition) is 19. The number of aliphatic imine (C=N–C) groups is 1. The highest BCUT2D eigenvalue weighted by atomic mass is 32.1. The summed E-state index contributed by atoms with van der Waals surface area (Å²) >= 11 is 16.4. The fourth-order valence-corrected chi connectivity index (χ4v) is 6.56. The van der Waals surface area contributed by atoms with Crippen LogP contribution in [0.5, 0.6) is 0 Å². The van der Waals surface area contributed by atoms with Gasteiger partial charge in [0.25, 0.3) is 0 Å². The molecule has 32 heteroatoms. The summed E-state index contributed by atoms with van der Waals surface area (Å²) < 4.78 is 0. The number of thiol groups is 4. The highest BCUT2D eigenvalue weighted by molar-refractivity contribution is 7.80. The number of carboxylic acids is 2. The largest absolute Gasteiger partial charge is 0.481 e. The summed E-state index contributed by atoms with van der Waals surface area (Å²) in [5.41, 5.74) is 27.1. The number of carbonyl (C=O) groups is 11. The van der Waals surface area contributed by atoms with E-state index in [4.69, 9.17) is 28.7 Å². The topological polar surface area (TPSA) is 487 Å². The number of guanidine groups is 1. The molecule has 0 saturated heterocycles. The molecule has 0 aromatic rings. The van der Waals surface area contributed by atoms with Gasteiger partial charge in [-0.3, -0.25) is 52.9 Å². The van der Waals surface area contributed by atoms with E-state index in [1.54, 1.807) is 0 Å². The number of amides is 9. The van der Waals surface area contributed by atoms with Crippen molar-refractivity contribution in [2.45, 2.75) is 106 Å². The van der Waals surface area contributed by atoms with Crippen molar-refractivity contribution in [1.29, 1.82) is 0 Å². The Hall–Kier alpha value is -5.28. The van der Waals surface area contributed by atoms with Crippen molar-refractivity contribution in [3.63, 3.8) is 0 Å². The van der Waals surface area contributed by atoms with Gasteiger partial charge in [-0.2, -0.15) is 50.5 Å². The maximum atomic E-state index is 13.9. The van der Waals surface area contributed by atoms with Gasteiger partial charge in [0.2, 0.25) is 53.2 Å². The van der Waals surface area contributed by atoms with Crippen LogP contribution in [0.2, 0.25) is 0 Å². The minimum atomic E-state index is -1.80. The summed E-state index contributed by atoms with van der Waals surface area (Å²) in [6.45, 7) is -0.877. The number of hydrogen-bond donors (Lipinski definition) is 20. The van der Waals surface area contributed by atoms with Gasteiger partial charge in [0.1, 0.15) is 48.3 Å². The Morgan fingerprint density at radius 3 is 1.15 bits per heavy atom. The SMILES string of the molecule is NCCCC[C@H](NC(=O)[C@H](CS)NC(=O)[C@H](CS)NC(=O)[C@H](CS)NC(=O)[C@H](CS)NC(=O)[C@@H](N)CC(N)=O)C(=O)N[C@@H](CCCN=C(N)N)C(=O)N[C@@H](CCC(=O)O)C(=O)N[C@@H](CO)C(=O)O. The lowest BCUT2D eigenvalue weighted by Gasteiger charge is -2.27. The molecule has 0 bridgehead atoms. The van der Waals surface area contributed by atoms with Gasteiger partial charge in [0.05, 0.1) is 19.1 Å². The number of nitrogens with two attached hydrogens (primary N) is 5. The zero-order chi connectivity index (χ0) is 52.1. The number of rotatable bonds is 35. The molecule has 0 saturated carbocycles. The lowest BCUT2D eigenvalue weighted by molar-refractivity contribution is -0.144. The van der Waals surface area contributed by atoms with E-state index in [9.17, 15) is 68.1 Å². The Kier molecular flexibility index (Phi) is 31.4. The molecule has 21 N–H and O–H groups in total. The molecule has 9 amide bonds. The number of carboxylic acid groups (broad SMARTS) is 2. The summed E-state index contributed by atoms with van der Waals surface area (Å²) in [7, 11) is 0. The molecule has 0 aliphatic rings. The van der Waals surface area contributed by atoms with Crippen molar-refractivity contribution >= 4 is 122 Å². The van der Waals surface area contributed by atoms with Crippen LogP contribution in [0.1, 0.15) is 51.4 Å². The van der Waals surface area contributed by atoms with Crippen molar-refractivity contribution < 1.29 is 68.1 Å². The fraction of sp³-hybridized carbons (Fsp3) is 0.667. The predicted molar refractivity (Wildman–Crippen MR) is 257 cm³/mol. The third kappa shape index (κ3) is 24.7. The van der Waals surface area contributed by atoms with Gasteiger partial charge in [0.15, 0.2) is 5.96 Å². The van der Waals surface area contributed by atoms with Crippen molar-refractivity contribution in [2.75, 3.05) is 42.7 Å². The molecule has 386 valence electrons. The summed E-state index contributed by atoms with van der Waals surface area (Å²) in [5, 5.41) is 46.6. The van der Waals surface area contributed by atoms with Crippen molar-refractivity contribution in [1.82, 2.24) is 42.5 Å². The predicted octanol–water partition coefficient (Wildman–Crippen LogP) is -8.09. The summed E-state index contributed by atoms with van der Waals surface area (Å²) in [6.07, 6.45) is -1.26. The zero-order valence-corrected chi connectivity index (χ0v) is 40.3. The number of nitrogens with one attached hydrogen (secondary N) is 8. The minimum Gasteiger partial charge on any atom is -0.481 e. The summed E-state index contributed by atoms with van der Waals surface area (Å²) in [5.74, 6) is -13.1. The highest BCUT2D eigenvalue weighted by Gasteiger charge is 2.34. The molecule has 0 aromatic heterocycles. The lowest BCUT2D eigenvalue weighted by Crippen LogP contribution is -2.61. The van der Waals surface area contributed by atoms with Crippen LogP contribution in [0, 0.1) is 0 Å². The standard InChI is InChI=1S/C36H64N14O14S4/c37-8-2-1-4-17(28(56)43-18(5-3-9-42-36(40)41)29(57)45-19(6-7-26(53)54)30(58)46-20(11-51)35(63)64)44-31(59)22(13-66)48-33(61)24(15-68)50-34(62)23(14-67)49-32(60)21(12-65)47-27(55)16(38)10-25(39)52/h16-24,51,65-68H,1-15,37-38H2,(H2,39,52)(H,43,56)(H,44,59)(H,45,57)(H,46,58)(H,47,55)(H,48,61)(H,49,60)(H,50,62)(H,53,54)(H,63,64)(H4,40,41,42)/t16-,17-,18-,19-,20-,21-,22-,23-,24-/m0/s1. The molecule has 0 radical (unpaired) electrons. The number of aliphatic hydroxyl groups is 1. The number of nitrogens with zero attached hydrogens (tertiary/aromatic N) is 1. The van der Waals surface area contributed by atoms with Gasteiger partial charge in [-0.15, -0.1) is 0 Å². The lowest BCUT2D eigenvalue weighted by atomic mass is 10.0. The number of primary amides is 1. The van der Waals surface area contributed by atoms with Gasteiger partial charge < -0.3 is 86.5 Å². The third-order valence-corrected chi connectivity index (χ3v) is 10.7. The third-order valence-electron chi connectivity index (χ3n) is 9.26. The van der Waals surface area contributed by atoms with E-state index in [0.717, 1.165) is 0 Å². The van der Waals surface area contributed by atoms with E-state index < -0.39 is 145 Å². The fourth-order valence-electron chi connectivity index (χ4n) is 5.53. The Bertz CT molecular complexity index is 1780. The van der Waals surface area contributed by atoms with Crippen molar-refractivity contribution in [3.05, 3.63) is 0 Å². The maximum Gasteiger partial charge on any atom is 0.328 e. The van der Waals surface area contributed by atoms with E-state index in [0.29, 0.717) is 6.42 Å². The van der Waals surface area contributed by atoms with E-state index in [1.165, 1.54) is 0 Å². The molecule has 0 aliphatic heterocycles. The molecule has 28 nitrogen and oxygen atoms in total. The average Bonchev–Trinajstić information content (AvgIpc) is 3.28. The summed E-state index contributed by atoms with van der Waals surface area (Å²) in [4.78, 5) is 144. The molecular weight excluding hydrogens is 981 g/mol. The van der Waals surface area contributed by atoms with Crippen LogP contribution < -0.4 is 71.2 Å². The Balaban J connectivity index is 6.28. The molecule has 0 aromatic carbocycles. The minimum absolute atomic E-state index is 0.0358. The monoisotopic (exact) mass is 1040 g/mol. The van der Waals surface area contributed by atoms with Gasteiger partial charge in [-0.1, -0.05) is 0 Å². The number of aliphatic carboxylic acids is 2. The van der Waals surface area contributed by atoms with E-state index in [2.05, 4.69) is 92.7 Å². The van der Waals surface area contributed by atoms with Crippen LogP contribution >= 0.6 is 50.5 Å². The molecule has 0 fully saturated rings. The van der Waals surface area contributed by atoms with Crippen LogP contribution in [0.15, 0.2) is 4.99 Å². The molecule has 9 atom stereocenters. The maximum absolute atomic E-state index is 13.9. The highest BCUT2D eigenvalue weighted by Crippen LogP contribution is 2.08. The van der Waals surface area contributed by atoms with E-state index >= 15 is 0 Å².